The number of aliphatic carboxylic acids is 1. The van der Waals surface area contributed by atoms with Crippen LogP contribution in [0.3, 0.4) is 0 Å². The number of halogens is 1. The molecule has 0 aliphatic heterocycles. The number of hydrogen-bond donors (Lipinski definition) is 6. The van der Waals surface area contributed by atoms with Gasteiger partial charge in [-0.25, -0.2) is 15.2 Å². The number of carbonyl (C=O) groups is 3. The summed E-state index contributed by atoms with van der Waals surface area (Å²) in [5, 5.41) is 11.7. The van der Waals surface area contributed by atoms with Crippen LogP contribution in [0.15, 0.2) is 59.6 Å². The number of imide groups is 1. The van der Waals surface area contributed by atoms with Gasteiger partial charge in [-0.2, -0.15) is 0 Å². The summed E-state index contributed by atoms with van der Waals surface area (Å²) in [6.45, 7) is 0. The van der Waals surface area contributed by atoms with Gasteiger partial charge in [-0.15, -0.1) is 0 Å². The Labute approximate surface area is 177 Å². The maximum absolute atomic E-state index is 12.5. The van der Waals surface area contributed by atoms with Crippen molar-refractivity contribution in [3.63, 3.8) is 0 Å². The quantitative estimate of drug-likeness (QED) is 0.206. The number of carboxylic acid groups (broad SMARTS) is 1. The predicted octanol–water partition coefficient (Wildman–Crippen LogP) is 1.20. The monoisotopic (exact) mass is 432 g/mol. The van der Waals surface area contributed by atoms with Crippen molar-refractivity contribution in [2.45, 2.75) is 18.5 Å². The van der Waals surface area contributed by atoms with Crippen molar-refractivity contribution in [2.24, 2.45) is 16.5 Å². The minimum absolute atomic E-state index is 0.318. The number of carbonyl (C=O) groups excluding carboxylic acids is 2. The largest absolute Gasteiger partial charge is 0.481 e. The molecule has 0 aromatic heterocycles. The molecule has 0 heterocycles. The van der Waals surface area contributed by atoms with Crippen LogP contribution in [0.5, 0.6) is 0 Å². The van der Waals surface area contributed by atoms with Gasteiger partial charge in [-0.3, -0.25) is 20.3 Å². The molecule has 0 bridgehead atoms. The van der Waals surface area contributed by atoms with Gasteiger partial charge in [0.2, 0.25) is 0 Å². The highest BCUT2D eigenvalue weighted by atomic mass is 35.5. The molecule has 2 aromatic carbocycles. The number of nitrogens with one attached hydrogen (secondary N) is 3. The molecule has 11 heteroatoms. The van der Waals surface area contributed by atoms with Gasteiger partial charge in [0, 0.05) is 5.02 Å². The average Bonchev–Trinajstić information content (AvgIpc) is 2.70. The second-order valence-electron chi connectivity index (χ2n) is 6.16. The number of guanidine groups is 1. The van der Waals surface area contributed by atoms with Crippen LogP contribution < -0.4 is 27.6 Å². The van der Waals surface area contributed by atoms with Crippen LogP contribution in [0.4, 0.5) is 4.79 Å². The van der Waals surface area contributed by atoms with E-state index < -0.39 is 30.0 Å². The lowest BCUT2D eigenvalue weighted by Gasteiger charge is -2.19. The Morgan fingerprint density at radius 3 is 2.20 bits per heavy atom. The van der Waals surface area contributed by atoms with E-state index in [4.69, 9.17) is 28.2 Å². The second-order valence-corrected chi connectivity index (χ2v) is 6.59. The Morgan fingerprint density at radius 2 is 1.63 bits per heavy atom. The van der Waals surface area contributed by atoms with E-state index in [0.29, 0.717) is 16.1 Å². The summed E-state index contributed by atoms with van der Waals surface area (Å²) >= 11 is 5.84. The number of nitrogens with two attached hydrogens (primary N) is 2. The molecule has 0 aliphatic rings. The van der Waals surface area contributed by atoms with Crippen LogP contribution in [0.25, 0.3) is 0 Å². The zero-order chi connectivity index (χ0) is 22.1. The van der Waals surface area contributed by atoms with Gasteiger partial charge in [0.05, 0.1) is 12.5 Å². The van der Waals surface area contributed by atoms with Gasteiger partial charge in [0.25, 0.3) is 5.91 Å². The number of nitrogens with zero attached hydrogens (tertiary/aromatic N) is 1. The molecule has 0 saturated carbocycles. The third kappa shape index (κ3) is 7.08. The van der Waals surface area contributed by atoms with E-state index in [0.717, 1.165) is 0 Å². The van der Waals surface area contributed by atoms with Gasteiger partial charge in [-0.1, -0.05) is 54.1 Å². The maximum atomic E-state index is 12.5. The van der Waals surface area contributed by atoms with Crippen LogP contribution in [-0.2, 0) is 9.59 Å². The lowest BCUT2D eigenvalue weighted by Crippen LogP contribution is -2.49. The summed E-state index contributed by atoms with van der Waals surface area (Å²) in [5.41, 5.74) is 16.7. The van der Waals surface area contributed by atoms with Crippen molar-refractivity contribution in [3.05, 3.63) is 70.7 Å². The number of hydrogen-bond acceptors (Lipinski definition) is 5. The summed E-state index contributed by atoms with van der Waals surface area (Å²) < 4.78 is 0. The Kier molecular flexibility index (Phi) is 8.15. The summed E-state index contributed by atoms with van der Waals surface area (Å²) in [5.74, 6) is -2.17. The molecule has 8 N–H and O–H groups in total. The minimum atomic E-state index is -1.13. The van der Waals surface area contributed by atoms with E-state index >= 15 is 0 Å². The Hall–Kier alpha value is -3.63. The maximum Gasteiger partial charge on any atom is 0.335 e. The molecule has 2 unspecified atom stereocenters. The number of carboxylic acids is 1. The fourth-order valence-corrected chi connectivity index (χ4v) is 2.68. The standard InChI is InChI=1S/C19H21ClN6O4/c20-13-8-6-11(7-9-13)14(10-15(27)28)25-26-19(30)24-17(29)16(23-18(21)22)12-4-2-1-3-5-12/h1-9,14,16,25H,10H2,(H,27,28)(H4,21,22,23)(H2,24,26,29,30). The molecule has 2 rings (SSSR count). The highest BCUT2D eigenvalue weighted by molar-refractivity contribution is 6.30. The van der Waals surface area contributed by atoms with Crippen molar-refractivity contribution in [2.75, 3.05) is 0 Å². The van der Waals surface area contributed by atoms with E-state index in [1.54, 1.807) is 54.6 Å². The van der Waals surface area contributed by atoms with Crippen LogP contribution in [0, 0.1) is 0 Å². The average molecular weight is 433 g/mol. The molecule has 30 heavy (non-hydrogen) atoms. The molecular formula is C19H21ClN6O4. The molecule has 0 fully saturated rings. The van der Waals surface area contributed by atoms with Crippen molar-refractivity contribution < 1.29 is 19.5 Å². The first kappa shape index (κ1) is 22.7. The number of urea groups is 1. The van der Waals surface area contributed by atoms with Gasteiger partial charge in [0.15, 0.2) is 12.0 Å². The molecule has 158 valence electrons. The van der Waals surface area contributed by atoms with E-state index in [-0.39, 0.29) is 12.4 Å². The van der Waals surface area contributed by atoms with Crippen LogP contribution in [-0.4, -0.2) is 29.0 Å². The zero-order valence-corrected chi connectivity index (χ0v) is 16.5. The van der Waals surface area contributed by atoms with E-state index in [1.807, 2.05) is 0 Å². The van der Waals surface area contributed by atoms with Crippen molar-refractivity contribution in [3.8, 4) is 0 Å². The Morgan fingerprint density at radius 1 is 1.00 bits per heavy atom. The van der Waals surface area contributed by atoms with Crippen LogP contribution in [0.1, 0.15) is 29.6 Å². The van der Waals surface area contributed by atoms with Gasteiger partial charge >= 0.3 is 12.0 Å². The van der Waals surface area contributed by atoms with Crippen LogP contribution in [0.2, 0.25) is 5.02 Å². The highest BCUT2D eigenvalue weighted by Gasteiger charge is 2.23. The normalized spacial score (nSPS) is 12.3. The topological polar surface area (TPSA) is 172 Å². The molecule has 10 nitrogen and oxygen atoms in total. The number of hydrazine groups is 1. The number of rotatable bonds is 8. The summed E-state index contributed by atoms with van der Waals surface area (Å²) in [7, 11) is 0. The van der Waals surface area contributed by atoms with E-state index in [1.165, 1.54) is 0 Å². The highest BCUT2D eigenvalue weighted by Crippen LogP contribution is 2.19. The lowest BCUT2D eigenvalue weighted by atomic mass is 10.0. The smallest absolute Gasteiger partial charge is 0.335 e. The van der Waals surface area contributed by atoms with Gasteiger partial charge in [0.1, 0.15) is 0 Å². The van der Waals surface area contributed by atoms with Crippen molar-refractivity contribution in [1.82, 2.24) is 16.2 Å². The summed E-state index contributed by atoms with van der Waals surface area (Å²) in [6, 6.07) is 12.1. The summed E-state index contributed by atoms with van der Waals surface area (Å²) in [4.78, 5) is 39.7. The molecule has 0 radical (unpaired) electrons. The zero-order valence-electron chi connectivity index (χ0n) is 15.7. The molecule has 0 spiro atoms. The first-order chi connectivity index (χ1) is 14.3. The predicted molar refractivity (Wildman–Crippen MR) is 111 cm³/mol. The van der Waals surface area contributed by atoms with E-state index in [9.17, 15) is 14.4 Å². The number of amides is 3. The molecule has 3 amide bonds. The number of benzene rings is 2. The molecule has 2 atom stereocenters. The minimum Gasteiger partial charge on any atom is -0.481 e. The first-order valence-corrected chi connectivity index (χ1v) is 9.11. The second kappa shape index (κ2) is 10.8. The molecule has 0 aliphatic carbocycles. The fourth-order valence-electron chi connectivity index (χ4n) is 2.56. The fraction of sp³-hybridized carbons (Fsp3) is 0.158. The molecule has 0 saturated heterocycles. The molecular weight excluding hydrogens is 412 g/mol. The van der Waals surface area contributed by atoms with Crippen molar-refractivity contribution >= 4 is 35.5 Å². The SMILES string of the molecule is NC(N)=NC(C(=O)NC(=O)NNC(CC(=O)O)c1ccc(Cl)cc1)c1ccccc1. The lowest BCUT2D eigenvalue weighted by molar-refractivity contribution is -0.137. The Balaban J connectivity index is 2.04. The first-order valence-electron chi connectivity index (χ1n) is 8.73. The van der Waals surface area contributed by atoms with Gasteiger partial charge < -0.3 is 16.6 Å². The van der Waals surface area contributed by atoms with Crippen molar-refractivity contribution in [1.29, 1.82) is 0 Å². The van der Waals surface area contributed by atoms with E-state index in [2.05, 4.69) is 21.2 Å². The van der Waals surface area contributed by atoms with Gasteiger partial charge in [-0.05, 0) is 23.3 Å². The number of aliphatic imine (C=N–C) groups is 1. The Bertz CT molecular complexity index is 916. The molecule has 2 aromatic rings. The van der Waals surface area contributed by atoms with Crippen LogP contribution >= 0.6 is 11.6 Å². The third-order valence-electron chi connectivity index (χ3n) is 3.89. The summed E-state index contributed by atoms with van der Waals surface area (Å²) in [6.07, 6.45) is -0.323. The third-order valence-corrected chi connectivity index (χ3v) is 4.14.